The van der Waals surface area contributed by atoms with Crippen molar-refractivity contribution in [3.63, 3.8) is 0 Å². The van der Waals surface area contributed by atoms with E-state index in [1.165, 1.54) is 0 Å². The topological polar surface area (TPSA) is 63.8 Å². The van der Waals surface area contributed by atoms with Gasteiger partial charge in [0.2, 0.25) is 5.75 Å². The summed E-state index contributed by atoms with van der Waals surface area (Å²) in [5.74, 6) is 1.96. The number of rotatable bonds is 4. The summed E-state index contributed by atoms with van der Waals surface area (Å²) in [4.78, 5) is 9.60. The normalized spacial score (nSPS) is 22.6. The Kier molecular flexibility index (Phi) is 5.17. The van der Waals surface area contributed by atoms with Gasteiger partial charge in [0.25, 0.3) is 8.45 Å². The molecule has 6 nitrogen and oxygen atoms in total. The molecule has 2 atom stereocenters. The van der Waals surface area contributed by atoms with Gasteiger partial charge in [-0.05, 0) is 12.1 Å². The summed E-state index contributed by atoms with van der Waals surface area (Å²) in [6, 6.07) is 5.58. The first kappa shape index (κ1) is 13.2. The van der Waals surface area contributed by atoms with Crippen molar-refractivity contribution in [1.82, 2.24) is 14.6 Å². The molecule has 0 bridgehead atoms. The number of benzene rings is 1. The fraction of sp³-hybridized carbons (Fsp3) is 0.250. The highest BCUT2D eigenvalue weighted by molar-refractivity contribution is 7.71. The first-order valence-corrected chi connectivity index (χ1v) is 8.06. The van der Waals surface area contributed by atoms with Gasteiger partial charge < -0.3 is 14.0 Å². The van der Waals surface area contributed by atoms with Gasteiger partial charge in [0.05, 0.1) is 14.2 Å². The van der Waals surface area contributed by atoms with Crippen molar-refractivity contribution in [3.05, 3.63) is 18.2 Å². The molecule has 1 aromatic rings. The van der Waals surface area contributed by atoms with E-state index in [9.17, 15) is 0 Å². The maximum absolute atomic E-state index is 5.83. The average molecular weight is 293 g/mol. The molecule has 1 fully saturated rings. The molecule has 9 heteroatoms. The second-order valence-electron chi connectivity index (χ2n) is 2.98. The van der Waals surface area contributed by atoms with Crippen molar-refractivity contribution in [2.45, 2.75) is 0 Å². The molecule has 1 aliphatic rings. The van der Waals surface area contributed by atoms with Crippen LogP contribution in [-0.2, 0) is 0 Å². The number of nitrogens with one attached hydrogen (secondary N) is 3. The Morgan fingerprint density at radius 1 is 1.06 bits per heavy atom. The molecule has 0 aromatic heterocycles. The predicted molar refractivity (Wildman–Crippen MR) is 73.1 cm³/mol. The van der Waals surface area contributed by atoms with E-state index in [0.29, 0.717) is 35.0 Å². The molecule has 1 aromatic carbocycles. The van der Waals surface area contributed by atoms with Crippen molar-refractivity contribution in [2.75, 3.05) is 14.2 Å². The Morgan fingerprint density at radius 2 is 1.76 bits per heavy atom. The van der Waals surface area contributed by atoms with Crippen LogP contribution in [0.4, 0.5) is 0 Å². The fourth-order valence-corrected chi connectivity index (χ4v) is 5.24. The Hall–Kier alpha value is -0.210. The summed E-state index contributed by atoms with van der Waals surface area (Å²) < 4.78 is 16.4. The van der Waals surface area contributed by atoms with E-state index < -0.39 is 8.45 Å². The quantitative estimate of drug-likeness (QED) is 0.739. The van der Waals surface area contributed by atoms with E-state index >= 15 is 0 Å². The summed E-state index contributed by atoms with van der Waals surface area (Å²) in [5.41, 5.74) is 0. The van der Waals surface area contributed by atoms with Crippen LogP contribution in [0.25, 0.3) is 0 Å². The van der Waals surface area contributed by atoms with E-state index in [1.807, 2.05) is 18.2 Å². The molecule has 1 heterocycles. The largest absolute Gasteiger partial charge is 0.493 e. The van der Waals surface area contributed by atoms with Gasteiger partial charge in [-0.15, -0.1) is 0 Å². The summed E-state index contributed by atoms with van der Waals surface area (Å²) in [7, 11) is 3.37. The molecule has 94 valence electrons. The van der Waals surface area contributed by atoms with Gasteiger partial charge in [-0.1, -0.05) is 6.07 Å². The molecule has 2 unspecified atom stereocenters. The molecule has 2 rings (SSSR count). The van der Waals surface area contributed by atoms with Gasteiger partial charge in [-0.2, -0.15) is 0 Å². The standard InChI is InChI=1S/C8H14N3O3P3/c1-12-6-4-3-5-7(8(6)13-2)14-17-10-15-9-16-11-17/h3-5,9-11,15-16H,1-2H3. The van der Waals surface area contributed by atoms with Crippen LogP contribution in [0.3, 0.4) is 0 Å². The minimum Gasteiger partial charge on any atom is -0.493 e. The first-order chi connectivity index (χ1) is 8.35. The van der Waals surface area contributed by atoms with Crippen LogP contribution in [0.5, 0.6) is 17.2 Å². The van der Waals surface area contributed by atoms with Gasteiger partial charge in [0.15, 0.2) is 11.5 Å². The monoisotopic (exact) mass is 293 g/mol. The zero-order valence-electron chi connectivity index (χ0n) is 9.40. The zero-order valence-corrected chi connectivity index (χ0v) is 12.3. The number of hydrogen-bond acceptors (Lipinski definition) is 6. The van der Waals surface area contributed by atoms with E-state index in [1.54, 1.807) is 14.2 Å². The van der Waals surface area contributed by atoms with Crippen LogP contribution in [-0.4, -0.2) is 14.2 Å². The van der Waals surface area contributed by atoms with Gasteiger partial charge in [0, 0.05) is 17.8 Å². The maximum Gasteiger partial charge on any atom is 0.251 e. The highest BCUT2D eigenvalue weighted by Gasteiger charge is 2.18. The lowest BCUT2D eigenvalue weighted by Gasteiger charge is -2.25. The summed E-state index contributed by atoms with van der Waals surface area (Å²) >= 11 is 0. The molecule has 0 spiro atoms. The van der Waals surface area contributed by atoms with Gasteiger partial charge in [0.1, 0.15) is 0 Å². The highest BCUT2D eigenvalue weighted by Crippen LogP contribution is 2.46. The van der Waals surface area contributed by atoms with E-state index in [-0.39, 0.29) is 0 Å². The van der Waals surface area contributed by atoms with Crippen LogP contribution < -0.4 is 28.6 Å². The summed E-state index contributed by atoms with van der Waals surface area (Å²) in [6.45, 7) is 0. The smallest absolute Gasteiger partial charge is 0.251 e. The second kappa shape index (κ2) is 6.65. The summed E-state index contributed by atoms with van der Waals surface area (Å²) in [5, 5.41) is 0. The van der Waals surface area contributed by atoms with Gasteiger partial charge >= 0.3 is 0 Å². The van der Waals surface area contributed by atoms with E-state index in [2.05, 4.69) is 14.6 Å². The van der Waals surface area contributed by atoms with Crippen molar-refractivity contribution in [2.24, 2.45) is 0 Å². The molecule has 0 radical (unpaired) electrons. The van der Waals surface area contributed by atoms with E-state index in [0.717, 1.165) is 0 Å². The third kappa shape index (κ3) is 3.38. The van der Waals surface area contributed by atoms with Gasteiger partial charge in [-0.3, -0.25) is 4.86 Å². The lowest BCUT2D eigenvalue weighted by Crippen LogP contribution is -2.19. The van der Waals surface area contributed by atoms with Crippen molar-refractivity contribution < 1.29 is 14.0 Å². The van der Waals surface area contributed by atoms with Crippen LogP contribution in [0.15, 0.2) is 18.2 Å². The first-order valence-electron chi connectivity index (χ1n) is 4.80. The predicted octanol–water partition coefficient (Wildman–Crippen LogP) is 2.11. The molecule has 0 amide bonds. The van der Waals surface area contributed by atoms with E-state index in [4.69, 9.17) is 14.0 Å². The molecular weight excluding hydrogens is 279 g/mol. The highest BCUT2D eigenvalue weighted by atomic mass is 31.2. The molecule has 3 N–H and O–H groups in total. The third-order valence-electron chi connectivity index (χ3n) is 2.00. The minimum atomic E-state index is -0.861. The maximum atomic E-state index is 5.83. The molecule has 0 saturated carbocycles. The molecular formula is C8H14N3O3P3. The Balaban J connectivity index is 2.13. The second-order valence-corrected chi connectivity index (χ2v) is 7.04. The van der Waals surface area contributed by atoms with Gasteiger partial charge in [-0.25, -0.2) is 9.72 Å². The number of hydrogen-bond donors (Lipinski definition) is 3. The summed E-state index contributed by atoms with van der Waals surface area (Å²) in [6.07, 6.45) is 0. The number of methoxy groups -OCH3 is 2. The van der Waals surface area contributed by atoms with Crippen molar-refractivity contribution in [3.8, 4) is 17.2 Å². The Bertz CT molecular complexity index is 376. The van der Waals surface area contributed by atoms with Crippen LogP contribution in [0.2, 0.25) is 0 Å². The SMILES string of the molecule is COc1cccc(OP2NPNPN2)c1OC. The molecule has 0 aliphatic carbocycles. The van der Waals surface area contributed by atoms with Crippen LogP contribution >= 0.6 is 26.2 Å². The number of para-hydroxylation sites is 1. The number of ether oxygens (including phenoxy) is 2. The van der Waals surface area contributed by atoms with Crippen LogP contribution in [0.1, 0.15) is 0 Å². The molecule has 17 heavy (non-hydrogen) atoms. The Labute approximate surface area is 105 Å². The lowest BCUT2D eigenvalue weighted by atomic mass is 10.3. The van der Waals surface area contributed by atoms with Crippen LogP contribution in [0, 0.1) is 0 Å². The van der Waals surface area contributed by atoms with Crippen molar-refractivity contribution >= 4 is 26.2 Å². The minimum absolute atomic E-state index is 0.510. The third-order valence-corrected chi connectivity index (χ3v) is 5.89. The van der Waals surface area contributed by atoms with Crippen molar-refractivity contribution in [1.29, 1.82) is 0 Å². The Morgan fingerprint density at radius 3 is 2.41 bits per heavy atom. The zero-order chi connectivity index (χ0) is 12.1. The molecule has 1 aliphatic heterocycles. The molecule has 1 saturated heterocycles. The average Bonchev–Trinajstić information content (AvgIpc) is 2.39. The fourth-order valence-electron chi connectivity index (χ4n) is 1.29. The lowest BCUT2D eigenvalue weighted by molar-refractivity contribution is 0.345.